The first-order valence-electron chi connectivity index (χ1n) is 2.36. The first-order valence-corrected chi connectivity index (χ1v) is 3.60. The molecule has 2 nitrogen and oxygen atoms in total. The Morgan fingerprint density at radius 3 is 2.62 bits per heavy atom. The number of alkyl halides is 1. The summed E-state index contributed by atoms with van der Waals surface area (Å²) in [7, 11) is 0. The van der Waals surface area contributed by atoms with E-state index < -0.39 is 0 Å². The van der Waals surface area contributed by atoms with E-state index in [1.807, 2.05) is 0 Å². The Kier molecular flexibility index (Phi) is 6.08. The quantitative estimate of drug-likeness (QED) is 0.524. The first-order chi connectivity index (χ1) is 3.39. The number of hydrogen-bond acceptors (Lipinski definition) is 2. The summed E-state index contributed by atoms with van der Waals surface area (Å²) in [5, 5.41) is 3.20. The lowest BCUT2D eigenvalue weighted by molar-refractivity contribution is 0.0958. The number of halogens is 2. The minimum atomic E-state index is 0. The van der Waals surface area contributed by atoms with Crippen LogP contribution in [0.5, 0.6) is 0 Å². The van der Waals surface area contributed by atoms with Crippen LogP contribution in [-0.4, -0.2) is 23.8 Å². The van der Waals surface area contributed by atoms with Gasteiger partial charge in [0, 0.05) is 13.1 Å². The third kappa shape index (κ3) is 3.41. The molecule has 1 rings (SSSR count). The molecular formula is C4H9I2NO. The fraction of sp³-hybridized carbons (Fsp3) is 1.00. The Morgan fingerprint density at radius 2 is 2.38 bits per heavy atom. The molecule has 1 N–H and O–H groups in total. The zero-order chi connectivity index (χ0) is 5.11. The molecule has 1 atom stereocenters. The van der Waals surface area contributed by atoms with Crippen molar-refractivity contribution in [1.82, 2.24) is 5.32 Å². The van der Waals surface area contributed by atoms with Crippen molar-refractivity contribution >= 4 is 46.6 Å². The van der Waals surface area contributed by atoms with Crippen LogP contribution < -0.4 is 5.32 Å². The van der Waals surface area contributed by atoms with Crippen molar-refractivity contribution < 1.29 is 4.74 Å². The van der Waals surface area contributed by atoms with Gasteiger partial charge in [-0.25, -0.2) is 0 Å². The fourth-order valence-electron chi connectivity index (χ4n) is 0.533. The molecule has 8 heavy (non-hydrogen) atoms. The minimum Gasteiger partial charge on any atom is -0.365 e. The van der Waals surface area contributed by atoms with Crippen molar-refractivity contribution in [1.29, 1.82) is 0 Å². The van der Waals surface area contributed by atoms with Gasteiger partial charge in [-0.2, -0.15) is 0 Å². The van der Waals surface area contributed by atoms with E-state index in [0.717, 1.165) is 19.7 Å². The van der Waals surface area contributed by atoms with E-state index in [0.29, 0.717) is 4.11 Å². The van der Waals surface area contributed by atoms with Crippen molar-refractivity contribution in [3.05, 3.63) is 0 Å². The number of ether oxygens (including phenoxy) is 1. The molecule has 1 aliphatic rings. The van der Waals surface area contributed by atoms with Crippen molar-refractivity contribution in [3.8, 4) is 0 Å². The van der Waals surface area contributed by atoms with Gasteiger partial charge in [-0.3, -0.25) is 0 Å². The van der Waals surface area contributed by atoms with Crippen LogP contribution in [0.2, 0.25) is 0 Å². The maximum absolute atomic E-state index is 5.20. The molecule has 0 aromatic heterocycles. The Hall–Kier alpha value is 1.38. The summed E-state index contributed by atoms with van der Waals surface area (Å²) >= 11 is 2.27. The third-order valence-corrected chi connectivity index (χ3v) is 1.68. The molecule has 0 amide bonds. The Labute approximate surface area is 79.9 Å². The van der Waals surface area contributed by atoms with Crippen molar-refractivity contribution in [2.24, 2.45) is 0 Å². The second kappa shape index (κ2) is 5.19. The number of hydrogen-bond donors (Lipinski definition) is 1. The average Bonchev–Trinajstić information content (AvgIpc) is 1.69. The second-order valence-electron chi connectivity index (χ2n) is 1.48. The lowest BCUT2D eigenvalue weighted by Gasteiger charge is -2.17. The van der Waals surface area contributed by atoms with Crippen LogP contribution in [0.4, 0.5) is 0 Å². The zero-order valence-electron chi connectivity index (χ0n) is 4.39. The summed E-state index contributed by atoms with van der Waals surface area (Å²) in [5.74, 6) is 0. The molecule has 50 valence electrons. The highest BCUT2D eigenvalue weighted by molar-refractivity contribution is 14.1. The highest BCUT2D eigenvalue weighted by Crippen LogP contribution is 2.02. The van der Waals surface area contributed by atoms with Crippen LogP contribution in [0.25, 0.3) is 0 Å². The molecule has 0 aromatic carbocycles. The maximum Gasteiger partial charge on any atom is 0.121 e. The lowest BCUT2D eigenvalue weighted by Crippen LogP contribution is -2.34. The number of nitrogens with one attached hydrogen (secondary N) is 1. The van der Waals surface area contributed by atoms with Crippen molar-refractivity contribution in [2.45, 2.75) is 4.11 Å². The van der Waals surface area contributed by atoms with Crippen LogP contribution in [0, 0.1) is 0 Å². The molecule has 1 fully saturated rings. The third-order valence-electron chi connectivity index (χ3n) is 0.882. The zero-order valence-corrected chi connectivity index (χ0v) is 8.88. The molecular weight excluding hydrogens is 332 g/mol. The summed E-state index contributed by atoms with van der Waals surface area (Å²) in [4.78, 5) is 0. The molecule has 1 heterocycles. The van der Waals surface area contributed by atoms with E-state index in [4.69, 9.17) is 4.74 Å². The summed E-state index contributed by atoms with van der Waals surface area (Å²) in [5.41, 5.74) is 0. The number of morpholine rings is 1. The molecule has 0 saturated carbocycles. The van der Waals surface area contributed by atoms with Crippen LogP contribution in [-0.2, 0) is 4.74 Å². The average molecular weight is 341 g/mol. The van der Waals surface area contributed by atoms with Gasteiger partial charge in [-0.15, -0.1) is 24.0 Å². The summed E-state index contributed by atoms with van der Waals surface area (Å²) in [6, 6.07) is 0. The molecule has 1 saturated heterocycles. The van der Waals surface area contributed by atoms with Gasteiger partial charge < -0.3 is 10.1 Å². The molecule has 1 aliphatic heterocycles. The molecule has 4 heteroatoms. The molecule has 1 unspecified atom stereocenters. The Bertz CT molecular complexity index is 56.0. The molecule has 0 aliphatic carbocycles. The maximum atomic E-state index is 5.20. The van der Waals surface area contributed by atoms with Gasteiger partial charge in [0.2, 0.25) is 0 Å². The monoisotopic (exact) mass is 341 g/mol. The van der Waals surface area contributed by atoms with Gasteiger partial charge in [0.15, 0.2) is 0 Å². The lowest BCUT2D eigenvalue weighted by atomic mass is 10.5. The molecule has 0 spiro atoms. The van der Waals surface area contributed by atoms with Crippen LogP contribution >= 0.6 is 46.6 Å². The smallest absolute Gasteiger partial charge is 0.121 e. The molecule has 0 aromatic rings. The van der Waals surface area contributed by atoms with Gasteiger partial charge in [-0.05, 0) is 22.6 Å². The van der Waals surface area contributed by atoms with Gasteiger partial charge in [0.1, 0.15) is 4.11 Å². The van der Waals surface area contributed by atoms with E-state index in [2.05, 4.69) is 27.9 Å². The normalized spacial score (nSPS) is 28.9. The summed E-state index contributed by atoms with van der Waals surface area (Å²) in [6.07, 6.45) is 0. The Morgan fingerprint density at radius 1 is 1.62 bits per heavy atom. The number of rotatable bonds is 0. The van der Waals surface area contributed by atoms with Crippen molar-refractivity contribution in [3.63, 3.8) is 0 Å². The van der Waals surface area contributed by atoms with Gasteiger partial charge in [0.25, 0.3) is 0 Å². The van der Waals surface area contributed by atoms with E-state index in [-0.39, 0.29) is 24.0 Å². The topological polar surface area (TPSA) is 21.3 Å². The van der Waals surface area contributed by atoms with Gasteiger partial charge in [-0.1, -0.05) is 0 Å². The Balaban J connectivity index is 0.000000490. The summed E-state index contributed by atoms with van der Waals surface area (Å²) < 4.78 is 5.60. The van der Waals surface area contributed by atoms with E-state index in [9.17, 15) is 0 Å². The van der Waals surface area contributed by atoms with Crippen LogP contribution in [0.15, 0.2) is 0 Å². The minimum absolute atomic E-state index is 0. The largest absolute Gasteiger partial charge is 0.365 e. The van der Waals surface area contributed by atoms with Crippen LogP contribution in [0.3, 0.4) is 0 Å². The van der Waals surface area contributed by atoms with Gasteiger partial charge in [0.05, 0.1) is 6.61 Å². The second-order valence-corrected chi connectivity index (χ2v) is 2.87. The van der Waals surface area contributed by atoms with Gasteiger partial charge >= 0.3 is 0 Å². The SMILES string of the molecule is I.IC1CNCCO1. The van der Waals surface area contributed by atoms with E-state index >= 15 is 0 Å². The highest BCUT2D eigenvalue weighted by Gasteiger charge is 2.06. The molecule has 0 radical (unpaired) electrons. The standard InChI is InChI=1S/C4H8INO.HI/c5-4-3-6-1-2-7-4;/h4,6H,1-3H2;1H. The first kappa shape index (κ1) is 9.38. The van der Waals surface area contributed by atoms with E-state index in [1.54, 1.807) is 0 Å². The predicted molar refractivity (Wildman–Crippen MR) is 52.0 cm³/mol. The summed E-state index contributed by atoms with van der Waals surface area (Å²) in [6.45, 7) is 2.88. The predicted octanol–water partition coefficient (Wildman–Crippen LogP) is 0.985. The highest BCUT2D eigenvalue weighted by atomic mass is 127. The van der Waals surface area contributed by atoms with Crippen LogP contribution in [0.1, 0.15) is 0 Å². The molecule has 0 bridgehead atoms. The van der Waals surface area contributed by atoms with Crippen molar-refractivity contribution in [2.75, 3.05) is 19.7 Å². The van der Waals surface area contributed by atoms with E-state index in [1.165, 1.54) is 0 Å². The fourth-order valence-corrected chi connectivity index (χ4v) is 1.10.